The Hall–Kier alpha value is -0.460. The van der Waals surface area contributed by atoms with Crippen LogP contribution in [0.3, 0.4) is 0 Å². The fraction of sp³-hybridized carbons (Fsp3) is 0.846. The second-order valence-electron chi connectivity index (χ2n) is 6.11. The normalized spacial score (nSPS) is 45.1. The molecule has 0 saturated carbocycles. The zero-order chi connectivity index (χ0) is 13.1. The predicted molar refractivity (Wildman–Crippen MR) is 64.8 cm³/mol. The molecule has 2 fully saturated rings. The summed E-state index contributed by atoms with van der Waals surface area (Å²) in [5, 5.41) is 0. The van der Waals surface area contributed by atoms with E-state index in [1.54, 1.807) is 0 Å². The second-order valence-corrected chi connectivity index (χ2v) is 6.11. The molecule has 18 heavy (non-hydrogen) atoms. The van der Waals surface area contributed by atoms with E-state index in [9.17, 15) is 0 Å². The fourth-order valence-corrected chi connectivity index (χ4v) is 2.87. The Bertz CT molecular complexity index is 390. The van der Waals surface area contributed by atoms with Crippen molar-refractivity contribution >= 4 is 0 Å². The number of hydrogen-bond donors (Lipinski definition) is 1. The first-order chi connectivity index (χ1) is 8.27. The van der Waals surface area contributed by atoms with Crippen LogP contribution in [0, 0.1) is 0 Å². The molecule has 5 nitrogen and oxygen atoms in total. The van der Waals surface area contributed by atoms with E-state index in [4.69, 9.17) is 24.7 Å². The average molecular weight is 255 g/mol. The van der Waals surface area contributed by atoms with Gasteiger partial charge < -0.3 is 24.7 Å². The van der Waals surface area contributed by atoms with Crippen molar-refractivity contribution in [3.63, 3.8) is 0 Å². The third-order valence-corrected chi connectivity index (χ3v) is 3.61. The summed E-state index contributed by atoms with van der Waals surface area (Å²) < 4.78 is 23.5. The van der Waals surface area contributed by atoms with Crippen molar-refractivity contribution in [1.82, 2.24) is 0 Å². The van der Waals surface area contributed by atoms with Crippen molar-refractivity contribution in [3.8, 4) is 0 Å². The van der Waals surface area contributed by atoms with Crippen LogP contribution >= 0.6 is 0 Å². The predicted octanol–water partition coefficient (Wildman–Crippen LogP) is 0.925. The summed E-state index contributed by atoms with van der Waals surface area (Å²) >= 11 is 0. The number of nitrogens with two attached hydrogens (primary N) is 1. The Morgan fingerprint density at radius 3 is 2.44 bits per heavy atom. The van der Waals surface area contributed by atoms with Crippen LogP contribution in [-0.4, -0.2) is 42.5 Å². The third kappa shape index (κ3) is 2.00. The molecule has 0 radical (unpaired) electrons. The van der Waals surface area contributed by atoms with Gasteiger partial charge >= 0.3 is 0 Å². The Morgan fingerprint density at radius 2 is 1.72 bits per heavy atom. The molecule has 2 aliphatic heterocycles. The van der Waals surface area contributed by atoms with Crippen molar-refractivity contribution in [2.45, 2.75) is 63.6 Å². The van der Waals surface area contributed by atoms with Gasteiger partial charge in [-0.3, -0.25) is 0 Å². The number of fused-ring (bicyclic) bond motifs is 3. The highest BCUT2D eigenvalue weighted by molar-refractivity contribution is 5.25. The molecule has 5 heteroatoms. The number of hydrogen-bond acceptors (Lipinski definition) is 5. The van der Waals surface area contributed by atoms with Crippen LogP contribution in [0.25, 0.3) is 0 Å². The Morgan fingerprint density at radius 1 is 1.06 bits per heavy atom. The fourth-order valence-electron chi connectivity index (χ4n) is 2.87. The number of rotatable bonds is 0. The second kappa shape index (κ2) is 3.77. The first-order valence-electron chi connectivity index (χ1n) is 6.41. The first-order valence-corrected chi connectivity index (χ1v) is 6.41. The van der Waals surface area contributed by atoms with Gasteiger partial charge in [-0.15, -0.1) is 0 Å². The van der Waals surface area contributed by atoms with Crippen molar-refractivity contribution in [2.24, 2.45) is 5.73 Å². The van der Waals surface area contributed by atoms with E-state index in [0.29, 0.717) is 6.61 Å². The smallest absolute Gasteiger partial charge is 0.164 e. The standard InChI is InChI=1S/C13H21NO4/c1-12(2)15-6-7-5-8(14)10-11(9(7)16-12)18-13(3,4)17-10/h5,8-11H,6,14H2,1-4H3/t8-,9+,10-,11-/m0/s1. The van der Waals surface area contributed by atoms with Gasteiger partial charge in [-0.25, -0.2) is 0 Å². The lowest BCUT2D eigenvalue weighted by atomic mass is 9.88. The summed E-state index contributed by atoms with van der Waals surface area (Å²) in [7, 11) is 0. The maximum Gasteiger partial charge on any atom is 0.164 e. The van der Waals surface area contributed by atoms with Gasteiger partial charge in [-0.05, 0) is 33.3 Å². The topological polar surface area (TPSA) is 62.9 Å². The maximum absolute atomic E-state index is 6.12. The maximum atomic E-state index is 6.12. The Balaban J connectivity index is 1.91. The monoisotopic (exact) mass is 255 g/mol. The van der Waals surface area contributed by atoms with Crippen LogP contribution in [0.4, 0.5) is 0 Å². The van der Waals surface area contributed by atoms with Crippen LogP contribution in [0.2, 0.25) is 0 Å². The van der Waals surface area contributed by atoms with E-state index < -0.39 is 11.6 Å². The molecule has 0 unspecified atom stereocenters. The molecule has 1 aliphatic carbocycles. The molecule has 0 amide bonds. The highest BCUT2D eigenvalue weighted by Gasteiger charge is 2.53. The summed E-state index contributed by atoms with van der Waals surface area (Å²) in [5.74, 6) is -1.20. The lowest BCUT2D eigenvalue weighted by Gasteiger charge is -2.43. The van der Waals surface area contributed by atoms with Gasteiger partial charge in [0.1, 0.15) is 18.3 Å². The van der Waals surface area contributed by atoms with Crippen molar-refractivity contribution in [1.29, 1.82) is 0 Å². The minimum Gasteiger partial charge on any atom is -0.346 e. The summed E-state index contributed by atoms with van der Waals surface area (Å²) in [6.07, 6.45) is 1.56. The Kier molecular flexibility index (Phi) is 2.63. The zero-order valence-corrected chi connectivity index (χ0v) is 11.3. The van der Waals surface area contributed by atoms with E-state index >= 15 is 0 Å². The van der Waals surface area contributed by atoms with E-state index in [1.165, 1.54) is 0 Å². The summed E-state index contributed by atoms with van der Waals surface area (Å²) in [4.78, 5) is 0. The first kappa shape index (κ1) is 12.6. The van der Waals surface area contributed by atoms with Crippen LogP contribution in [0.1, 0.15) is 27.7 Å². The molecule has 102 valence electrons. The van der Waals surface area contributed by atoms with Crippen LogP contribution in [0.5, 0.6) is 0 Å². The molecule has 2 heterocycles. The molecule has 0 aromatic carbocycles. The molecular weight excluding hydrogens is 234 g/mol. The SMILES string of the molecule is CC1(C)O[C@@H]2[C@@H](O1)[C@@H](N)C=C1COC(C)(C)O[C@H]12. The van der Waals surface area contributed by atoms with Gasteiger partial charge in [0.2, 0.25) is 0 Å². The van der Waals surface area contributed by atoms with Crippen LogP contribution < -0.4 is 5.73 Å². The van der Waals surface area contributed by atoms with Gasteiger partial charge in [-0.1, -0.05) is 6.08 Å². The van der Waals surface area contributed by atoms with E-state index in [-0.39, 0.29) is 24.4 Å². The molecule has 3 rings (SSSR count). The zero-order valence-electron chi connectivity index (χ0n) is 11.3. The van der Waals surface area contributed by atoms with Crippen molar-refractivity contribution in [3.05, 3.63) is 11.6 Å². The van der Waals surface area contributed by atoms with Gasteiger partial charge in [0, 0.05) is 0 Å². The van der Waals surface area contributed by atoms with Gasteiger partial charge in [0.05, 0.1) is 12.6 Å². The lowest BCUT2D eigenvalue weighted by Crippen LogP contribution is -2.56. The van der Waals surface area contributed by atoms with E-state index in [2.05, 4.69) is 0 Å². The summed E-state index contributed by atoms with van der Waals surface area (Å²) in [6, 6.07) is -0.170. The molecule has 4 atom stereocenters. The van der Waals surface area contributed by atoms with Crippen molar-refractivity contribution in [2.75, 3.05) is 6.61 Å². The molecule has 0 aromatic rings. The molecular formula is C13H21NO4. The molecule has 3 aliphatic rings. The van der Waals surface area contributed by atoms with Crippen LogP contribution in [-0.2, 0) is 18.9 Å². The largest absolute Gasteiger partial charge is 0.346 e. The highest BCUT2D eigenvalue weighted by Crippen LogP contribution is 2.41. The lowest BCUT2D eigenvalue weighted by molar-refractivity contribution is -0.273. The highest BCUT2D eigenvalue weighted by atomic mass is 16.8. The minimum atomic E-state index is -0.609. The quantitative estimate of drug-likeness (QED) is 0.652. The molecule has 0 bridgehead atoms. The minimum absolute atomic E-state index is 0.125. The summed E-state index contributed by atoms with van der Waals surface area (Å²) in [5.41, 5.74) is 7.18. The van der Waals surface area contributed by atoms with Gasteiger partial charge in [0.15, 0.2) is 11.6 Å². The van der Waals surface area contributed by atoms with Gasteiger partial charge in [0.25, 0.3) is 0 Å². The molecule has 2 N–H and O–H groups in total. The number of ether oxygens (including phenoxy) is 4. The third-order valence-electron chi connectivity index (χ3n) is 3.61. The molecule has 0 spiro atoms. The van der Waals surface area contributed by atoms with Gasteiger partial charge in [-0.2, -0.15) is 0 Å². The van der Waals surface area contributed by atoms with Crippen molar-refractivity contribution < 1.29 is 18.9 Å². The molecule has 2 saturated heterocycles. The van der Waals surface area contributed by atoms with E-state index in [0.717, 1.165) is 5.57 Å². The van der Waals surface area contributed by atoms with Crippen LogP contribution in [0.15, 0.2) is 11.6 Å². The summed E-state index contributed by atoms with van der Waals surface area (Å²) in [6.45, 7) is 8.17. The van der Waals surface area contributed by atoms with E-state index in [1.807, 2.05) is 33.8 Å². The average Bonchev–Trinajstić information content (AvgIpc) is 2.56. The molecule has 0 aromatic heterocycles. The Labute approximate surface area is 107 Å².